The van der Waals surface area contributed by atoms with Gasteiger partial charge in [0, 0.05) is 21.3 Å². The molecule has 7 nitrogen and oxygen atoms in total. The van der Waals surface area contributed by atoms with E-state index >= 15 is 0 Å². The van der Waals surface area contributed by atoms with Gasteiger partial charge in [-0.15, -0.1) is 11.3 Å². The minimum absolute atomic E-state index is 0.140. The van der Waals surface area contributed by atoms with Crippen molar-refractivity contribution in [2.24, 2.45) is 0 Å². The third-order valence-electron chi connectivity index (χ3n) is 4.66. The van der Waals surface area contributed by atoms with E-state index in [1.54, 1.807) is 18.2 Å². The van der Waals surface area contributed by atoms with Crippen LogP contribution in [-0.4, -0.2) is 27.4 Å². The Morgan fingerprint density at radius 1 is 0.875 bits per heavy atom. The summed E-state index contributed by atoms with van der Waals surface area (Å²) in [5.41, 5.74) is 1.01. The predicted molar refractivity (Wildman–Crippen MR) is 125 cm³/mol. The van der Waals surface area contributed by atoms with E-state index < -0.39 is 21.9 Å². The highest BCUT2D eigenvalue weighted by atomic mass is 32.2. The first kappa shape index (κ1) is 21.5. The van der Waals surface area contributed by atoms with Crippen LogP contribution in [0, 0.1) is 0 Å². The number of hydrogen-bond acceptors (Lipinski definition) is 6. The molecule has 32 heavy (non-hydrogen) atoms. The predicted octanol–water partition coefficient (Wildman–Crippen LogP) is 4.74. The molecule has 4 rings (SSSR count). The molecule has 4 aromatic rings. The van der Waals surface area contributed by atoms with Gasteiger partial charge in [0.1, 0.15) is 4.88 Å². The van der Waals surface area contributed by atoms with Crippen LogP contribution in [0.2, 0.25) is 0 Å². The molecule has 0 aliphatic heterocycles. The minimum atomic E-state index is -3.73. The van der Waals surface area contributed by atoms with Gasteiger partial charge in [-0.05, 0) is 42.5 Å². The van der Waals surface area contributed by atoms with Crippen LogP contribution in [-0.2, 0) is 14.8 Å². The Bertz CT molecular complexity index is 1400. The summed E-state index contributed by atoms with van der Waals surface area (Å²) in [5.74, 6) is -0.969. The molecule has 0 aliphatic rings. The standard InChI is InChI=1S/C23H18N2O5S2/c1-30-23(27)21-20(18-9-5-6-10-19(18)31-21)24-22(26)15-11-13-16(14-12-15)25-32(28,29)17-7-3-2-4-8-17/h2-14,25H,1H3,(H,24,26). The molecule has 1 amide bonds. The van der Waals surface area contributed by atoms with Crippen LogP contribution in [0.15, 0.2) is 83.8 Å². The lowest BCUT2D eigenvalue weighted by Crippen LogP contribution is -2.15. The SMILES string of the molecule is COC(=O)c1sc2ccccc2c1NC(=O)c1ccc(NS(=O)(=O)c2ccccc2)cc1. The molecule has 0 spiro atoms. The molecular weight excluding hydrogens is 448 g/mol. The number of thiophene rings is 1. The van der Waals surface area contributed by atoms with E-state index in [9.17, 15) is 18.0 Å². The van der Waals surface area contributed by atoms with E-state index in [-0.39, 0.29) is 4.90 Å². The highest BCUT2D eigenvalue weighted by molar-refractivity contribution is 7.92. The fourth-order valence-corrected chi connectivity index (χ4v) is 5.25. The molecule has 162 valence electrons. The molecule has 1 heterocycles. The number of ether oxygens (including phenoxy) is 1. The second-order valence-corrected chi connectivity index (χ2v) is 9.48. The summed E-state index contributed by atoms with van der Waals surface area (Å²) in [7, 11) is -2.45. The maximum atomic E-state index is 12.8. The van der Waals surface area contributed by atoms with Gasteiger partial charge in [0.2, 0.25) is 0 Å². The van der Waals surface area contributed by atoms with E-state index in [4.69, 9.17) is 4.74 Å². The van der Waals surface area contributed by atoms with Gasteiger partial charge < -0.3 is 10.1 Å². The lowest BCUT2D eigenvalue weighted by molar-refractivity contribution is 0.0607. The zero-order chi connectivity index (χ0) is 22.7. The highest BCUT2D eigenvalue weighted by Crippen LogP contribution is 2.36. The number of benzene rings is 3. The number of rotatable bonds is 6. The van der Waals surface area contributed by atoms with Crippen LogP contribution in [0.5, 0.6) is 0 Å². The van der Waals surface area contributed by atoms with Crippen LogP contribution in [0.4, 0.5) is 11.4 Å². The number of esters is 1. The Balaban J connectivity index is 1.56. The topological polar surface area (TPSA) is 102 Å². The summed E-state index contributed by atoms with van der Waals surface area (Å²) in [6, 6.07) is 21.3. The third-order valence-corrected chi connectivity index (χ3v) is 7.21. The molecule has 0 saturated heterocycles. The van der Waals surface area contributed by atoms with E-state index in [1.807, 2.05) is 24.3 Å². The fraction of sp³-hybridized carbons (Fsp3) is 0.0435. The average molecular weight is 467 g/mol. The number of sulfonamides is 1. The van der Waals surface area contributed by atoms with Crippen LogP contribution in [0.25, 0.3) is 10.1 Å². The first-order chi connectivity index (χ1) is 15.4. The number of amides is 1. The normalized spacial score (nSPS) is 11.2. The van der Waals surface area contributed by atoms with Crippen molar-refractivity contribution < 1.29 is 22.7 Å². The van der Waals surface area contributed by atoms with E-state index in [1.165, 1.54) is 54.8 Å². The van der Waals surface area contributed by atoms with Crippen molar-refractivity contribution in [3.05, 3.63) is 89.3 Å². The summed E-state index contributed by atoms with van der Waals surface area (Å²) in [6.07, 6.45) is 0. The number of fused-ring (bicyclic) bond motifs is 1. The molecule has 0 fully saturated rings. The number of hydrogen-bond donors (Lipinski definition) is 2. The van der Waals surface area contributed by atoms with Crippen LogP contribution in [0.1, 0.15) is 20.0 Å². The van der Waals surface area contributed by atoms with E-state index in [2.05, 4.69) is 10.0 Å². The van der Waals surface area contributed by atoms with Crippen molar-refractivity contribution in [2.75, 3.05) is 17.1 Å². The van der Waals surface area contributed by atoms with Crippen LogP contribution < -0.4 is 10.0 Å². The molecule has 0 saturated carbocycles. The molecule has 0 bridgehead atoms. The molecular formula is C23H18N2O5S2. The van der Waals surface area contributed by atoms with Crippen LogP contribution >= 0.6 is 11.3 Å². The molecule has 3 aromatic carbocycles. The summed E-state index contributed by atoms with van der Waals surface area (Å²) >= 11 is 1.23. The summed E-state index contributed by atoms with van der Waals surface area (Å²) in [4.78, 5) is 25.5. The van der Waals surface area contributed by atoms with E-state index in [0.29, 0.717) is 21.8 Å². The molecule has 1 aromatic heterocycles. The maximum Gasteiger partial charge on any atom is 0.350 e. The molecule has 2 N–H and O–H groups in total. The van der Waals surface area contributed by atoms with Gasteiger partial charge in [-0.1, -0.05) is 36.4 Å². The Morgan fingerprint density at radius 2 is 1.53 bits per heavy atom. The zero-order valence-corrected chi connectivity index (χ0v) is 18.5. The number of methoxy groups -OCH3 is 1. The monoisotopic (exact) mass is 466 g/mol. The second kappa shape index (κ2) is 8.81. The minimum Gasteiger partial charge on any atom is -0.465 e. The largest absolute Gasteiger partial charge is 0.465 e. The Labute approximate surface area is 188 Å². The van der Waals surface area contributed by atoms with Crippen molar-refractivity contribution >= 4 is 54.7 Å². The second-order valence-electron chi connectivity index (χ2n) is 6.74. The van der Waals surface area contributed by atoms with Crippen molar-refractivity contribution in [2.45, 2.75) is 4.90 Å². The lowest BCUT2D eigenvalue weighted by Gasteiger charge is -2.10. The van der Waals surface area contributed by atoms with Crippen molar-refractivity contribution in [3.63, 3.8) is 0 Å². The van der Waals surface area contributed by atoms with Crippen LogP contribution in [0.3, 0.4) is 0 Å². The third kappa shape index (κ3) is 4.34. The number of nitrogens with one attached hydrogen (secondary N) is 2. The first-order valence-electron chi connectivity index (χ1n) is 9.48. The first-order valence-corrected chi connectivity index (χ1v) is 11.8. The Kier molecular flexibility index (Phi) is 5.93. The summed E-state index contributed by atoms with van der Waals surface area (Å²) < 4.78 is 33.1. The smallest absolute Gasteiger partial charge is 0.350 e. The zero-order valence-electron chi connectivity index (χ0n) is 16.9. The quantitative estimate of drug-likeness (QED) is 0.400. The Hall–Kier alpha value is -3.69. The maximum absolute atomic E-state index is 12.8. The lowest BCUT2D eigenvalue weighted by atomic mass is 10.1. The van der Waals surface area contributed by atoms with Gasteiger partial charge in [0.25, 0.3) is 15.9 Å². The van der Waals surface area contributed by atoms with Gasteiger partial charge in [0.15, 0.2) is 0 Å². The Morgan fingerprint density at radius 3 is 2.22 bits per heavy atom. The van der Waals surface area contributed by atoms with Gasteiger partial charge in [-0.3, -0.25) is 9.52 Å². The molecule has 0 atom stereocenters. The van der Waals surface area contributed by atoms with Gasteiger partial charge in [-0.2, -0.15) is 0 Å². The average Bonchev–Trinajstić information content (AvgIpc) is 3.17. The summed E-state index contributed by atoms with van der Waals surface area (Å²) in [5, 5.41) is 3.53. The van der Waals surface area contributed by atoms with Gasteiger partial charge >= 0.3 is 5.97 Å². The van der Waals surface area contributed by atoms with E-state index in [0.717, 1.165) is 10.1 Å². The van der Waals surface area contributed by atoms with Crippen molar-refractivity contribution in [3.8, 4) is 0 Å². The van der Waals surface area contributed by atoms with Crippen molar-refractivity contribution in [1.29, 1.82) is 0 Å². The molecule has 9 heteroatoms. The van der Waals surface area contributed by atoms with Gasteiger partial charge in [0.05, 0.1) is 17.7 Å². The number of carbonyl (C=O) groups is 2. The summed E-state index contributed by atoms with van der Waals surface area (Å²) in [6.45, 7) is 0. The molecule has 0 aliphatic carbocycles. The fourth-order valence-electron chi connectivity index (χ4n) is 3.10. The number of carbonyl (C=O) groups excluding carboxylic acids is 2. The molecule has 0 unspecified atom stereocenters. The molecule has 0 radical (unpaired) electrons. The van der Waals surface area contributed by atoms with Gasteiger partial charge in [-0.25, -0.2) is 13.2 Å². The number of anilines is 2. The highest BCUT2D eigenvalue weighted by Gasteiger charge is 2.21. The van der Waals surface area contributed by atoms with Crippen molar-refractivity contribution in [1.82, 2.24) is 0 Å².